The minimum atomic E-state index is -0.341. The number of thioether (sulfide) groups is 1. The Morgan fingerprint density at radius 1 is 0.970 bits per heavy atom. The summed E-state index contributed by atoms with van der Waals surface area (Å²) in [6.45, 7) is -0.107. The lowest BCUT2D eigenvalue weighted by Crippen LogP contribution is -2.28. The lowest BCUT2D eigenvalue weighted by atomic mass is 10.1. The van der Waals surface area contributed by atoms with Crippen LogP contribution < -0.4 is 15.4 Å². The monoisotopic (exact) mass is 482 g/mol. The van der Waals surface area contributed by atoms with Crippen LogP contribution in [0.2, 0.25) is 5.02 Å². The molecule has 10 heteroatoms. The van der Waals surface area contributed by atoms with Crippen molar-refractivity contribution >= 4 is 51.6 Å². The van der Waals surface area contributed by atoms with Gasteiger partial charge in [-0.15, -0.1) is 10.2 Å². The lowest BCUT2D eigenvalue weighted by molar-refractivity contribution is -0.123. The molecule has 2 amide bonds. The van der Waals surface area contributed by atoms with Gasteiger partial charge in [-0.25, -0.2) is 0 Å². The van der Waals surface area contributed by atoms with E-state index in [4.69, 9.17) is 20.8 Å². The molecule has 0 atom stereocenters. The molecule has 0 unspecified atom stereocenters. The van der Waals surface area contributed by atoms with E-state index in [1.54, 1.807) is 24.3 Å². The minimum Gasteiger partial charge on any atom is -0.484 e. The predicted molar refractivity (Wildman–Crippen MR) is 126 cm³/mol. The highest BCUT2D eigenvalue weighted by molar-refractivity contribution is 7.99. The van der Waals surface area contributed by atoms with Gasteiger partial charge in [0.2, 0.25) is 11.8 Å². The van der Waals surface area contributed by atoms with Crippen LogP contribution in [0.25, 0.3) is 10.8 Å². The third-order valence-electron chi connectivity index (χ3n) is 4.46. The Kier molecular flexibility index (Phi) is 7.43. The van der Waals surface area contributed by atoms with Crippen LogP contribution in [0, 0.1) is 0 Å². The standard InChI is InChI=1S/C23H19ClN4O4S/c24-16-8-10-17(11-9-16)31-13-20(29)25-12-22-27-28-23(32-22)33-14-21(30)26-19-7-3-5-15-4-1-2-6-18(15)19/h1-11H,12-14H2,(H,25,29)(H,26,30). The molecule has 4 aromatic rings. The summed E-state index contributed by atoms with van der Waals surface area (Å²) in [5.74, 6) is 0.335. The molecule has 2 N–H and O–H groups in total. The van der Waals surface area contributed by atoms with Crippen LogP contribution >= 0.6 is 23.4 Å². The molecule has 1 aromatic heterocycles. The van der Waals surface area contributed by atoms with Crippen molar-refractivity contribution in [1.29, 1.82) is 0 Å². The van der Waals surface area contributed by atoms with Gasteiger partial charge in [-0.2, -0.15) is 0 Å². The molecular formula is C23H19ClN4O4S. The van der Waals surface area contributed by atoms with E-state index in [2.05, 4.69) is 20.8 Å². The molecule has 0 spiro atoms. The smallest absolute Gasteiger partial charge is 0.277 e. The summed E-state index contributed by atoms with van der Waals surface area (Å²) < 4.78 is 10.8. The maximum Gasteiger partial charge on any atom is 0.277 e. The summed E-state index contributed by atoms with van der Waals surface area (Å²) in [7, 11) is 0. The predicted octanol–water partition coefficient (Wildman–Crippen LogP) is 4.30. The Labute approximate surface area is 198 Å². The van der Waals surface area contributed by atoms with Crippen molar-refractivity contribution in [3.05, 3.63) is 77.6 Å². The van der Waals surface area contributed by atoms with Crippen molar-refractivity contribution in [3.8, 4) is 5.75 Å². The van der Waals surface area contributed by atoms with Gasteiger partial charge in [0.15, 0.2) is 6.61 Å². The number of benzene rings is 3. The molecule has 1 heterocycles. The molecule has 3 aromatic carbocycles. The molecule has 33 heavy (non-hydrogen) atoms. The van der Waals surface area contributed by atoms with Gasteiger partial charge in [0.1, 0.15) is 5.75 Å². The fourth-order valence-electron chi connectivity index (χ4n) is 2.92. The zero-order valence-electron chi connectivity index (χ0n) is 17.3. The first-order valence-corrected chi connectivity index (χ1v) is 11.3. The van der Waals surface area contributed by atoms with Gasteiger partial charge in [0, 0.05) is 16.1 Å². The van der Waals surface area contributed by atoms with Crippen LogP contribution in [0.15, 0.2) is 76.4 Å². The number of anilines is 1. The van der Waals surface area contributed by atoms with Gasteiger partial charge < -0.3 is 19.8 Å². The van der Waals surface area contributed by atoms with Crippen LogP contribution in [0.3, 0.4) is 0 Å². The third kappa shape index (κ3) is 6.47. The van der Waals surface area contributed by atoms with E-state index in [1.807, 2.05) is 42.5 Å². The highest BCUT2D eigenvalue weighted by Gasteiger charge is 2.12. The number of nitrogens with zero attached hydrogens (tertiary/aromatic N) is 2. The van der Waals surface area contributed by atoms with Crippen LogP contribution in [-0.2, 0) is 16.1 Å². The van der Waals surface area contributed by atoms with Crippen molar-refractivity contribution in [2.75, 3.05) is 17.7 Å². The second kappa shape index (κ2) is 10.8. The summed E-state index contributed by atoms with van der Waals surface area (Å²) >= 11 is 6.93. The first-order valence-electron chi connectivity index (χ1n) is 9.95. The maximum atomic E-state index is 12.4. The number of halogens is 1. The number of carbonyl (C=O) groups is 2. The van der Waals surface area contributed by atoms with E-state index >= 15 is 0 Å². The largest absolute Gasteiger partial charge is 0.484 e. The molecule has 0 bridgehead atoms. The number of amides is 2. The number of ether oxygens (including phenoxy) is 1. The number of carbonyl (C=O) groups excluding carboxylic acids is 2. The highest BCUT2D eigenvalue weighted by atomic mass is 35.5. The number of hydrogen-bond donors (Lipinski definition) is 2. The summed E-state index contributed by atoms with van der Waals surface area (Å²) in [6.07, 6.45) is 0. The molecule has 8 nitrogen and oxygen atoms in total. The Hall–Kier alpha value is -3.56. The number of nitrogens with one attached hydrogen (secondary N) is 2. The SMILES string of the molecule is O=C(COc1ccc(Cl)cc1)NCc1nnc(SCC(=O)Nc2cccc3ccccc23)o1. The lowest BCUT2D eigenvalue weighted by Gasteiger charge is -2.07. The molecule has 0 aliphatic rings. The number of hydrogen-bond acceptors (Lipinski definition) is 7. The van der Waals surface area contributed by atoms with E-state index in [-0.39, 0.29) is 41.8 Å². The molecule has 0 saturated carbocycles. The fraction of sp³-hybridized carbons (Fsp3) is 0.130. The zero-order valence-corrected chi connectivity index (χ0v) is 18.9. The first-order chi connectivity index (χ1) is 16.1. The second-order valence-electron chi connectivity index (χ2n) is 6.84. The summed E-state index contributed by atoms with van der Waals surface area (Å²) in [5, 5.41) is 16.2. The van der Waals surface area contributed by atoms with Crippen molar-refractivity contribution in [2.45, 2.75) is 11.8 Å². The van der Waals surface area contributed by atoms with Crippen molar-refractivity contribution in [1.82, 2.24) is 15.5 Å². The Bertz CT molecular complexity index is 1260. The van der Waals surface area contributed by atoms with Crippen LogP contribution in [-0.4, -0.2) is 34.4 Å². The Balaban J connectivity index is 1.21. The Morgan fingerprint density at radius 2 is 1.76 bits per heavy atom. The fourth-order valence-corrected chi connectivity index (χ4v) is 3.63. The van der Waals surface area contributed by atoms with E-state index in [9.17, 15) is 9.59 Å². The van der Waals surface area contributed by atoms with Gasteiger partial charge >= 0.3 is 0 Å². The van der Waals surface area contributed by atoms with Crippen LogP contribution in [0.5, 0.6) is 5.75 Å². The van der Waals surface area contributed by atoms with E-state index in [0.29, 0.717) is 10.8 Å². The highest BCUT2D eigenvalue weighted by Crippen LogP contribution is 2.24. The molecule has 0 aliphatic carbocycles. The number of fused-ring (bicyclic) bond motifs is 1. The molecular weight excluding hydrogens is 464 g/mol. The minimum absolute atomic E-state index is 0.0541. The van der Waals surface area contributed by atoms with E-state index < -0.39 is 0 Å². The number of aromatic nitrogens is 2. The van der Waals surface area contributed by atoms with Gasteiger partial charge in [-0.1, -0.05) is 59.8 Å². The van der Waals surface area contributed by atoms with Crippen LogP contribution in [0.1, 0.15) is 5.89 Å². The molecule has 0 fully saturated rings. The zero-order chi connectivity index (χ0) is 23.0. The molecule has 168 valence electrons. The topological polar surface area (TPSA) is 106 Å². The van der Waals surface area contributed by atoms with E-state index in [1.165, 1.54) is 0 Å². The molecule has 0 radical (unpaired) electrons. The van der Waals surface area contributed by atoms with Crippen molar-refractivity contribution in [2.24, 2.45) is 0 Å². The normalized spacial score (nSPS) is 10.7. The Morgan fingerprint density at radius 3 is 2.61 bits per heavy atom. The van der Waals surface area contributed by atoms with E-state index in [0.717, 1.165) is 28.2 Å². The molecule has 0 saturated heterocycles. The summed E-state index contributed by atoms with van der Waals surface area (Å²) in [4.78, 5) is 24.3. The average molecular weight is 483 g/mol. The van der Waals surface area contributed by atoms with Crippen LogP contribution in [0.4, 0.5) is 5.69 Å². The summed E-state index contributed by atoms with van der Waals surface area (Å²) in [5.41, 5.74) is 0.744. The van der Waals surface area contributed by atoms with Gasteiger partial charge in [0.05, 0.1) is 12.3 Å². The van der Waals surface area contributed by atoms with Crippen molar-refractivity contribution < 1.29 is 18.7 Å². The number of rotatable bonds is 9. The molecule has 4 rings (SSSR count). The first kappa shape index (κ1) is 22.6. The molecule has 0 aliphatic heterocycles. The van der Waals surface area contributed by atoms with Gasteiger partial charge in [0.25, 0.3) is 11.1 Å². The second-order valence-corrected chi connectivity index (χ2v) is 8.21. The maximum absolute atomic E-state index is 12.4. The van der Waals surface area contributed by atoms with Gasteiger partial charge in [-0.05, 0) is 35.7 Å². The van der Waals surface area contributed by atoms with Gasteiger partial charge in [-0.3, -0.25) is 9.59 Å². The average Bonchev–Trinajstić information content (AvgIpc) is 3.29. The van der Waals surface area contributed by atoms with Crippen molar-refractivity contribution in [3.63, 3.8) is 0 Å². The third-order valence-corrected chi connectivity index (χ3v) is 5.53. The summed E-state index contributed by atoms with van der Waals surface area (Å²) in [6, 6.07) is 20.3. The quantitative estimate of drug-likeness (QED) is 0.342.